The lowest BCUT2D eigenvalue weighted by Crippen LogP contribution is -2.14. The highest BCUT2D eigenvalue weighted by molar-refractivity contribution is 5.99. The van der Waals surface area contributed by atoms with Crippen molar-refractivity contribution in [1.82, 2.24) is 36.1 Å². The zero-order valence-corrected chi connectivity index (χ0v) is 9.25. The number of rotatable bonds is 3. The SMILES string of the molecule is O=C(Nc1nnc(C2CCCN2)o1)c1nn[nH]n1. The van der Waals surface area contributed by atoms with Crippen LogP contribution < -0.4 is 10.6 Å². The molecule has 0 aliphatic carbocycles. The minimum Gasteiger partial charge on any atom is -0.406 e. The first kappa shape index (κ1) is 10.8. The molecule has 3 rings (SSSR count). The summed E-state index contributed by atoms with van der Waals surface area (Å²) in [4.78, 5) is 11.6. The van der Waals surface area contributed by atoms with Gasteiger partial charge in [-0.2, -0.15) is 5.21 Å². The Labute approximate surface area is 101 Å². The van der Waals surface area contributed by atoms with Gasteiger partial charge in [0, 0.05) is 0 Å². The van der Waals surface area contributed by atoms with Crippen molar-refractivity contribution in [1.29, 1.82) is 0 Å². The molecule has 1 saturated heterocycles. The maximum Gasteiger partial charge on any atom is 0.322 e. The average molecular weight is 250 g/mol. The van der Waals surface area contributed by atoms with E-state index in [4.69, 9.17) is 4.42 Å². The van der Waals surface area contributed by atoms with E-state index in [1.807, 2.05) is 0 Å². The number of anilines is 1. The number of hydrogen-bond donors (Lipinski definition) is 3. The molecule has 18 heavy (non-hydrogen) atoms. The highest BCUT2D eigenvalue weighted by Gasteiger charge is 2.23. The molecule has 2 aromatic heterocycles. The summed E-state index contributed by atoms with van der Waals surface area (Å²) in [6.45, 7) is 0.928. The molecule has 10 heteroatoms. The molecule has 0 spiro atoms. The first-order valence-electron chi connectivity index (χ1n) is 5.44. The normalized spacial score (nSPS) is 19.0. The van der Waals surface area contributed by atoms with Crippen molar-refractivity contribution < 1.29 is 9.21 Å². The molecular weight excluding hydrogens is 240 g/mol. The Morgan fingerprint density at radius 3 is 3.06 bits per heavy atom. The van der Waals surface area contributed by atoms with Gasteiger partial charge in [-0.05, 0) is 24.6 Å². The van der Waals surface area contributed by atoms with Gasteiger partial charge in [0.25, 0.3) is 5.82 Å². The molecule has 2 aromatic rings. The van der Waals surface area contributed by atoms with E-state index < -0.39 is 5.91 Å². The molecule has 1 unspecified atom stereocenters. The number of aromatic nitrogens is 6. The van der Waals surface area contributed by atoms with Gasteiger partial charge in [-0.15, -0.1) is 15.3 Å². The maximum absolute atomic E-state index is 11.6. The summed E-state index contributed by atoms with van der Waals surface area (Å²) >= 11 is 0. The van der Waals surface area contributed by atoms with E-state index in [0.29, 0.717) is 5.89 Å². The zero-order chi connectivity index (χ0) is 12.4. The summed E-state index contributed by atoms with van der Waals surface area (Å²) in [5.74, 6) is -0.178. The number of H-pyrrole nitrogens is 1. The van der Waals surface area contributed by atoms with Gasteiger partial charge in [0.2, 0.25) is 5.89 Å². The third-order valence-electron chi connectivity index (χ3n) is 2.57. The molecule has 94 valence electrons. The van der Waals surface area contributed by atoms with Crippen LogP contribution in [0.15, 0.2) is 4.42 Å². The first-order chi connectivity index (χ1) is 8.83. The van der Waals surface area contributed by atoms with Crippen molar-refractivity contribution in [3.8, 4) is 0 Å². The van der Waals surface area contributed by atoms with Crippen molar-refractivity contribution in [3.63, 3.8) is 0 Å². The lowest BCUT2D eigenvalue weighted by molar-refractivity contribution is 0.101. The second-order valence-electron chi connectivity index (χ2n) is 3.78. The van der Waals surface area contributed by atoms with E-state index >= 15 is 0 Å². The van der Waals surface area contributed by atoms with E-state index in [2.05, 4.69) is 41.5 Å². The van der Waals surface area contributed by atoms with Crippen molar-refractivity contribution >= 4 is 11.9 Å². The van der Waals surface area contributed by atoms with E-state index in [1.54, 1.807) is 0 Å². The van der Waals surface area contributed by atoms with Crippen molar-refractivity contribution in [2.75, 3.05) is 11.9 Å². The minimum atomic E-state index is -0.557. The summed E-state index contributed by atoms with van der Waals surface area (Å²) < 4.78 is 5.33. The van der Waals surface area contributed by atoms with Gasteiger partial charge in [0.15, 0.2) is 0 Å². The van der Waals surface area contributed by atoms with Crippen molar-refractivity contribution in [2.45, 2.75) is 18.9 Å². The molecule has 1 aliphatic heterocycles. The summed E-state index contributed by atoms with van der Waals surface area (Å²) in [5.41, 5.74) is 0. The number of carbonyl (C=O) groups is 1. The van der Waals surface area contributed by atoms with E-state index in [1.165, 1.54) is 0 Å². The minimum absolute atomic E-state index is 0.0218. The Hall–Kier alpha value is -2.36. The highest BCUT2D eigenvalue weighted by Crippen LogP contribution is 2.22. The van der Waals surface area contributed by atoms with Crippen LogP contribution in [0.4, 0.5) is 6.01 Å². The third kappa shape index (κ3) is 2.05. The van der Waals surface area contributed by atoms with Crippen molar-refractivity contribution in [2.24, 2.45) is 0 Å². The van der Waals surface area contributed by atoms with Gasteiger partial charge in [-0.1, -0.05) is 5.10 Å². The van der Waals surface area contributed by atoms with E-state index in [0.717, 1.165) is 19.4 Å². The molecule has 1 fully saturated rings. The molecule has 3 N–H and O–H groups in total. The monoisotopic (exact) mass is 250 g/mol. The van der Waals surface area contributed by atoms with Gasteiger partial charge in [-0.25, -0.2) is 0 Å². The molecule has 0 saturated carbocycles. The predicted octanol–water partition coefficient (Wildman–Crippen LogP) is -0.741. The van der Waals surface area contributed by atoms with Gasteiger partial charge < -0.3 is 9.73 Å². The summed E-state index contributed by atoms with van der Waals surface area (Å²) in [6.07, 6.45) is 2.01. The Morgan fingerprint density at radius 2 is 2.33 bits per heavy atom. The molecule has 0 aromatic carbocycles. The standard InChI is InChI=1S/C8H10N8O2/c17-6(5-11-15-16-12-5)10-8-14-13-7(18-8)4-2-1-3-9-4/h4,9H,1-3H2,(H,10,14,17)(H,11,12,15,16). The molecule has 0 radical (unpaired) electrons. The second kappa shape index (κ2) is 4.49. The molecule has 1 atom stereocenters. The summed E-state index contributed by atoms with van der Waals surface area (Å²) in [7, 11) is 0. The Bertz CT molecular complexity index is 529. The topological polar surface area (TPSA) is 135 Å². The number of hydrogen-bond acceptors (Lipinski definition) is 8. The number of nitrogens with zero attached hydrogens (tertiary/aromatic N) is 5. The van der Waals surface area contributed by atoms with Gasteiger partial charge in [0.05, 0.1) is 6.04 Å². The lowest BCUT2D eigenvalue weighted by atomic mass is 10.2. The Balaban J connectivity index is 1.68. The third-order valence-corrected chi connectivity index (χ3v) is 2.57. The van der Waals surface area contributed by atoms with Crippen LogP contribution in [0.2, 0.25) is 0 Å². The molecular formula is C8H10N8O2. The molecule has 3 heterocycles. The van der Waals surface area contributed by atoms with Crippen LogP contribution in [0.25, 0.3) is 0 Å². The number of nitrogens with one attached hydrogen (secondary N) is 3. The van der Waals surface area contributed by atoms with E-state index in [-0.39, 0.29) is 17.9 Å². The van der Waals surface area contributed by atoms with Crippen LogP contribution in [0.3, 0.4) is 0 Å². The molecule has 1 amide bonds. The van der Waals surface area contributed by atoms with Crippen LogP contribution >= 0.6 is 0 Å². The summed E-state index contributed by atoms with van der Waals surface area (Å²) in [6, 6.07) is 0.0850. The molecule has 10 nitrogen and oxygen atoms in total. The Morgan fingerprint density at radius 1 is 1.39 bits per heavy atom. The number of aromatic amines is 1. The van der Waals surface area contributed by atoms with Crippen LogP contribution in [0, 0.1) is 0 Å². The van der Waals surface area contributed by atoms with E-state index in [9.17, 15) is 4.79 Å². The molecule has 1 aliphatic rings. The zero-order valence-electron chi connectivity index (χ0n) is 9.25. The van der Waals surface area contributed by atoms with Crippen LogP contribution in [-0.4, -0.2) is 43.3 Å². The van der Waals surface area contributed by atoms with Crippen LogP contribution in [-0.2, 0) is 0 Å². The first-order valence-corrected chi connectivity index (χ1v) is 5.44. The van der Waals surface area contributed by atoms with Crippen LogP contribution in [0.5, 0.6) is 0 Å². The fourth-order valence-electron chi connectivity index (χ4n) is 1.73. The highest BCUT2D eigenvalue weighted by atomic mass is 16.4. The van der Waals surface area contributed by atoms with Crippen molar-refractivity contribution in [3.05, 3.63) is 11.7 Å². The van der Waals surface area contributed by atoms with Gasteiger partial charge in [0.1, 0.15) is 0 Å². The second-order valence-corrected chi connectivity index (χ2v) is 3.78. The number of tetrazole rings is 1. The quantitative estimate of drug-likeness (QED) is 0.648. The lowest BCUT2D eigenvalue weighted by Gasteiger charge is -2.02. The summed E-state index contributed by atoms with van der Waals surface area (Å²) in [5, 5.41) is 25.8. The van der Waals surface area contributed by atoms with Crippen LogP contribution in [0.1, 0.15) is 35.4 Å². The van der Waals surface area contributed by atoms with Gasteiger partial charge >= 0.3 is 11.9 Å². The maximum atomic E-state index is 11.6. The largest absolute Gasteiger partial charge is 0.406 e. The molecule has 0 bridgehead atoms. The van der Waals surface area contributed by atoms with Gasteiger partial charge in [-0.3, -0.25) is 10.1 Å². The fourth-order valence-corrected chi connectivity index (χ4v) is 1.73. The smallest absolute Gasteiger partial charge is 0.322 e. The number of carbonyl (C=O) groups excluding carboxylic acids is 1. The fraction of sp³-hybridized carbons (Fsp3) is 0.500. The predicted molar refractivity (Wildman–Crippen MR) is 56.4 cm³/mol. The number of amides is 1. The average Bonchev–Trinajstić information content (AvgIpc) is 3.12. The Kier molecular flexibility index (Phi) is 2.68.